The van der Waals surface area contributed by atoms with Crippen LogP contribution in [-0.4, -0.2) is 44.2 Å². The van der Waals surface area contributed by atoms with Gasteiger partial charge in [0.15, 0.2) is 0 Å². The number of amides is 2. The van der Waals surface area contributed by atoms with E-state index in [1.54, 1.807) is 24.3 Å². The largest absolute Gasteiger partial charge is 0.352 e. The number of nitrogens with one attached hydrogen (secondary N) is 2. The third kappa shape index (κ3) is 4.83. The highest BCUT2D eigenvalue weighted by atomic mass is 35.5. The van der Waals surface area contributed by atoms with Gasteiger partial charge < -0.3 is 10.6 Å². The molecule has 160 valence electrons. The van der Waals surface area contributed by atoms with E-state index in [1.807, 2.05) is 6.92 Å². The number of benzene rings is 2. The van der Waals surface area contributed by atoms with Gasteiger partial charge in [0.1, 0.15) is 4.90 Å². The Kier molecular flexibility index (Phi) is 7.12. The van der Waals surface area contributed by atoms with Gasteiger partial charge in [0.2, 0.25) is 10.0 Å². The zero-order chi connectivity index (χ0) is 21.7. The van der Waals surface area contributed by atoms with Gasteiger partial charge in [0, 0.05) is 25.2 Å². The number of sulfonamides is 1. The second-order valence-electron chi connectivity index (χ2n) is 7.01. The summed E-state index contributed by atoms with van der Waals surface area (Å²) >= 11 is 6.15. The van der Waals surface area contributed by atoms with Crippen molar-refractivity contribution in [2.45, 2.75) is 31.1 Å². The summed E-state index contributed by atoms with van der Waals surface area (Å²) < 4.78 is 27.2. The number of hydrogen-bond acceptors (Lipinski definition) is 4. The van der Waals surface area contributed by atoms with Crippen LogP contribution in [0.3, 0.4) is 0 Å². The molecular weight excluding hydrogens is 426 g/mol. The van der Waals surface area contributed by atoms with Crippen LogP contribution < -0.4 is 10.6 Å². The summed E-state index contributed by atoms with van der Waals surface area (Å²) in [5.41, 5.74) is 0.814. The van der Waals surface area contributed by atoms with E-state index >= 15 is 0 Å². The molecule has 3 rings (SSSR count). The van der Waals surface area contributed by atoms with Crippen LogP contribution in [0.15, 0.2) is 47.4 Å². The summed E-state index contributed by atoms with van der Waals surface area (Å²) in [6, 6.07) is 10.8. The fourth-order valence-corrected chi connectivity index (χ4v) is 5.25. The first-order valence-corrected chi connectivity index (χ1v) is 11.6. The molecule has 1 aliphatic heterocycles. The van der Waals surface area contributed by atoms with Crippen molar-refractivity contribution < 1.29 is 18.0 Å². The van der Waals surface area contributed by atoms with Crippen molar-refractivity contribution in [2.24, 2.45) is 0 Å². The second-order valence-corrected chi connectivity index (χ2v) is 9.33. The van der Waals surface area contributed by atoms with Gasteiger partial charge in [-0.25, -0.2) is 8.42 Å². The van der Waals surface area contributed by atoms with Crippen LogP contribution in [0.5, 0.6) is 0 Å². The van der Waals surface area contributed by atoms with Crippen molar-refractivity contribution in [2.75, 3.05) is 25.0 Å². The molecular formula is C21H24ClN3O4S. The van der Waals surface area contributed by atoms with E-state index in [0.29, 0.717) is 30.9 Å². The molecule has 0 spiro atoms. The average Bonchev–Trinajstić information content (AvgIpc) is 3.28. The number of nitrogens with zero attached hydrogens (tertiary/aromatic N) is 1. The van der Waals surface area contributed by atoms with E-state index in [-0.39, 0.29) is 21.4 Å². The predicted octanol–water partition coefficient (Wildman–Crippen LogP) is 3.52. The Morgan fingerprint density at radius 1 is 1.07 bits per heavy atom. The number of rotatable bonds is 7. The Hall–Kier alpha value is -2.42. The lowest BCUT2D eigenvalue weighted by molar-refractivity contribution is 0.0954. The van der Waals surface area contributed by atoms with Crippen LogP contribution in [-0.2, 0) is 10.0 Å². The van der Waals surface area contributed by atoms with Gasteiger partial charge in [-0.2, -0.15) is 4.31 Å². The van der Waals surface area contributed by atoms with Crippen LogP contribution in [0, 0.1) is 0 Å². The lowest BCUT2D eigenvalue weighted by Gasteiger charge is -2.17. The predicted molar refractivity (Wildman–Crippen MR) is 116 cm³/mol. The minimum Gasteiger partial charge on any atom is -0.352 e. The highest BCUT2D eigenvalue weighted by Gasteiger charge is 2.30. The summed E-state index contributed by atoms with van der Waals surface area (Å²) in [4.78, 5) is 25.1. The van der Waals surface area contributed by atoms with Crippen molar-refractivity contribution >= 4 is 39.1 Å². The Labute approximate surface area is 181 Å². The molecule has 2 amide bonds. The quantitative estimate of drug-likeness (QED) is 0.676. The molecule has 1 fully saturated rings. The lowest BCUT2D eigenvalue weighted by atomic mass is 10.1. The molecule has 9 heteroatoms. The number of anilines is 1. The van der Waals surface area contributed by atoms with Gasteiger partial charge >= 0.3 is 0 Å². The number of halogens is 1. The summed E-state index contributed by atoms with van der Waals surface area (Å²) in [7, 11) is -3.77. The smallest absolute Gasteiger partial charge is 0.255 e. The van der Waals surface area contributed by atoms with Crippen molar-refractivity contribution in [3.05, 3.63) is 58.6 Å². The molecule has 1 heterocycles. The van der Waals surface area contributed by atoms with Crippen LogP contribution in [0.4, 0.5) is 5.69 Å². The maximum Gasteiger partial charge on any atom is 0.255 e. The van der Waals surface area contributed by atoms with Gasteiger partial charge in [-0.3, -0.25) is 9.59 Å². The molecule has 0 atom stereocenters. The Morgan fingerprint density at radius 3 is 2.47 bits per heavy atom. The van der Waals surface area contributed by atoms with Gasteiger partial charge in [-0.1, -0.05) is 30.7 Å². The molecule has 0 unspecified atom stereocenters. The van der Waals surface area contributed by atoms with Crippen molar-refractivity contribution in [1.29, 1.82) is 0 Å². The molecule has 1 saturated heterocycles. The van der Waals surface area contributed by atoms with Crippen LogP contribution in [0.1, 0.15) is 46.9 Å². The van der Waals surface area contributed by atoms with E-state index in [4.69, 9.17) is 11.6 Å². The normalized spacial score (nSPS) is 14.5. The fraction of sp³-hybridized carbons (Fsp3) is 0.333. The molecule has 0 radical (unpaired) electrons. The molecule has 0 aliphatic carbocycles. The van der Waals surface area contributed by atoms with Crippen LogP contribution >= 0.6 is 11.6 Å². The SMILES string of the molecule is CCCNC(=O)c1ccccc1NC(=O)c1ccc(Cl)c(S(=O)(=O)N2CCCC2)c1. The maximum atomic E-state index is 12.9. The molecule has 0 aromatic heterocycles. The van der Waals surface area contributed by atoms with E-state index in [2.05, 4.69) is 10.6 Å². The molecule has 2 aromatic rings. The fourth-order valence-electron chi connectivity index (χ4n) is 3.23. The Bertz CT molecular complexity index is 1050. The standard InChI is InChI=1S/C21H24ClN3O4S/c1-2-11-23-21(27)16-7-3-4-8-18(16)24-20(26)15-9-10-17(22)19(14-15)30(28,29)25-12-5-6-13-25/h3-4,7-10,14H,2,5-6,11-13H2,1H3,(H,23,27)(H,24,26). The minimum absolute atomic E-state index is 0.0674. The highest BCUT2D eigenvalue weighted by Crippen LogP contribution is 2.28. The molecule has 30 heavy (non-hydrogen) atoms. The molecule has 0 saturated carbocycles. The van der Waals surface area contributed by atoms with Crippen molar-refractivity contribution in [3.8, 4) is 0 Å². The number of para-hydroxylation sites is 1. The first kappa shape index (κ1) is 22.3. The molecule has 2 aromatic carbocycles. The van der Waals surface area contributed by atoms with Crippen LogP contribution in [0.25, 0.3) is 0 Å². The number of hydrogen-bond donors (Lipinski definition) is 2. The minimum atomic E-state index is -3.77. The monoisotopic (exact) mass is 449 g/mol. The number of carbonyl (C=O) groups excluding carboxylic acids is 2. The molecule has 2 N–H and O–H groups in total. The zero-order valence-electron chi connectivity index (χ0n) is 16.7. The van der Waals surface area contributed by atoms with Gasteiger partial charge in [0.25, 0.3) is 11.8 Å². The summed E-state index contributed by atoms with van der Waals surface area (Å²) in [5.74, 6) is -0.818. The molecule has 0 bridgehead atoms. The zero-order valence-corrected chi connectivity index (χ0v) is 18.2. The topological polar surface area (TPSA) is 95.6 Å². The Balaban J connectivity index is 1.86. The molecule has 7 nitrogen and oxygen atoms in total. The summed E-state index contributed by atoms with van der Waals surface area (Å²) in [5, 5.41) is 5.55. The van der Waals surface area contributed by atoms with E-state index in [0.717, 1.165) is 19.3 Å². The number of carbonyl (C=O) groups is 2. The highest BCUT2D eigenvalue weighted by molar-refractivity contribution is 7.89. The molecule has 1 aliphatic rings. The van der Waals surface area contributed by atoms with Crippen molar-refractivity contribution in [1.82, 2.24) is 9.62 Å². The van der Waals surface area contributed by atoms with E-state index in [1.165, 1.54) is 22.5 Å². The second kappa shape index (κ2) is 9.59. The lowest BCUT2D eigenvalue weighted by Crippen LogP contribution is -2.28. The third-order valence-electron chi connectivity index (χ3n) is 4.83. The maximum absolute atomic E-state index is 12.9. The summed E-state index contributed by atoms with van der Waals surface area (Å²) in [6.07, 6.45) is 2.39. The van der Waals surface area contributed by atoms with Crippen molar-refractivity contribution in [3.63, 3.8) is 0 Å². The van der Waals surface area contributed by atoms with Gasteiger partial charge in [-0.15, -0.1) is 0 Å². The third-order valence-corrected chi connectivity index (χ3v) is 7.21. The first-order valence-electron chi connectivity index (χ1n) is 9.83. The van der Waals surface area contributed by atoms with E-state index < -0.39 is 15.9 Å². The van der Waals surface area contributed by atoms with Crippen LogP contribution in [0.2, 0.25) is 5.02 Å². The first-order chi connectivity index (χ1) is 14.3. The Morgan fingerprint density at radius 2 is 1.77 bits per heavy atom. The van der Waals surface area contributed by atoms with Gasteiger partial charge in [-0.05, 0) is 49.6 Å². The average molecular weight is 450 g/mol. The summed E-state index contributed by atoms with van der Waals surface area (Å²) in [6.45, 7) is 3.35. The van der Waals surface area contributed by atoms with E-state index in [9.17, 15) is 18.0 Å². The van der Waals surface area contributed by atoms with Gasteiger partial charge in [0.05, 0.1) is 16.3 Å².